The molecule has 3 heterocycles. The molecule has 0 N–H and O–H groups in total. The van der Waals surface area contributed by atoms with Gasteiger partial charge in [0.2, 0.25) is 0 Å². The van der Waals surface area contributed by atoms with Crippen LogP contribution < -0.4 is 9.47 Å². The van der Waals surface area contributed by atoms with E-state index in [1.807, 2.05) is 0 Å². The molecular weight excluding hydrogens is 383 g/mol. The second kappa shape index (κ2) is 6.11. The Bertz CT molecular complexity index is 960. The molecule has 6 heteroatoms. The van der Waals surface area contributed by atoms with E-state index in [1.165, 1.54) is 5.56 Å². The van der Waals surface area contributed by atoms with Crippen molar-refractivity contribution >= 4 is 28.9 Å². The van der Waals surface area contributed by atoms with Crippen molar-refractivity contribution in [3.8, 4) is 11.5 Å². The average Bonchev–Trinajstić information content (AvgIpc) is 2.87. The van der Waals surface area contributed by atoms with E-state index >= 15 is 0 Å². The van der Waals surface area contributed by atoms with Gasteiger partial charge < -0.3 is 9.47 Å². The zero-order valence-corrected chi connectivity index (χ0v) is 17.6. The third-order valence-electron chi connectivity index (χ3n) is 4.99. The van der Waals surface area contributed by atoms with Gasteiger partial charge in [0.15, 0.2) is 11.5 Å². The first kappa shape index (κ1) is 18.6. The molecule has 0 fully saturated rings. The van der Waals surface area contributed by atoms with Crippen LogP contribution in [-0.4, -0.2) is 28.9 Å². The van der Waals surface area contributed by atoms with E-state index in [9.17, 15) is 0 Å². The Kier molecular flexibility index (Phi) is 4.21. The van der Waals surface area contributed by atoms with E-state index in [-0.39, 0.29) is 11.1 Å². The Hall–Kier alpha value is -1.78. The number of pyridine rings is 1. The zero-order valence-electron chi connectivity index (χ0n) is 16.1. The highest BCUT2D eigenvalue weighted by molar-refractivity contribution is 6.41. The SMILES string of the molecule is COc1cc2c(c3c1OC(C)(C)C3)C(c1c(Cl)cncc1Cl)=NC(C)(C)C2. The second-order valence-electron chi connectivity index (χ2n) is 8.39. The zero-order chi connectivity index (χ0) is 19.6. The van der Waals surface area contributed by atoms with Crippen molar-refractivity contribution in [2.45, 2.75) is 51.7 Å². The molecule has 1 aromatic heterocycles. The van der Waals surface area contributed by atoms with Crippen molar-refractivity contribution in [3.63, 3.8) is 0 Å². The molecule has 0 bridgehead atoms. The van der Waals surface area contributed by atoms with Crippen LogP contribution in [0.15, 0.2) is 23.5 Å². The first-order valence-corrected chi connectivity index (χ1v) is 9.69. The van der Waals surface area contributed by atoms with Gasteiger partial charge in [-0.3, -0.25) is 9.98 Å². The monoisotopic (exact) mass is 404 g/mol. The smallest absolute Gasteiger partial charge is 0.166 e. The number of aliphatic imine (C=N–C) groups is 1. The Balaban J connectivity index is 2.05. The maximum absolute atomic E-state index is 6.50. The molecule has 0 atom stereocenters. The van der Waals surface area contributed by atoms with Gasteiger partial charge in [-0.1, -0.05) is 23.2 Å². The highest BCUT2D eigenvalue weighted by Crippen LogP contribution is 2.48. The topological polar surface area (TPSA) is 43.7 Å². The summed E-state index contributed by atoms with van der Waals surface area (Å²) in [4.78, 5) is 9.14. The van der Waals surface area contributed by atoms with Crippen LogP contribution in [0.4, 0.5) is 0 Å². The number of hydrogen-bond donors (Lipinski definition) is 0. The normalized spacial score (nSPS) is 19.0. The number of ether oxygens (including phenoxy) is 2. The maximum Gasteiger partial charge on any atom is 0.166 e. The van der Waals surface area contributed by atoms with Crippen molar-refractivity contribution in [2.75, 3.05) is 7.11 Å². The minimum absolute atomic E-state index is 0.285. The number of nitrogens with zero attached hydrogens (tertiary/aromatic N) is 2. The van der Waals surface area contributed by atoms with Crippen LogP contribution in [0.25, 0.3) is 0 Å². The van der Waals surface area contributed by atoms with Gasteiger partial charge >= 0.3 is 0 Å². The fourth-order valence-corrected chi connectivity index (χ4v) is 4.58. The predicted octanol–water partition coefficient (Wildman–Crippen LogP) is 5.28. The van der Waals surface area contributed by atoms with Crippen LogP contribution in [0.2, 0.25) is 10.0 Å². The first-order chi connectivity index (χ1) is 12.6. The van der Waals surface area contributed by atoms with Crippen molar-refractivity contribution < 1.29 is 9.47 Å². The summed E-state index contributed by atoms with van der Waals surface area (Å²) >= 11 is 13.0. The summed E-state index contributed by atoms with van der Waals surface area (Å²) in [6.07, 6.45) is 4.78. The van der Waals surface area contributed by atoms with E-state index in [0.29, 0.717) is 10.0 Å². The molecule has 2 aliphatic rings. The molecular formula is C21H22Cl2N2O2. The average molecular weight is 405 g/mol. The number of aromatic nitrogens is 1. The number of halogens is 2. The van der Waals surface area contributed by atoms with Crippen LogP contribution in [-0.2, 0) is 12.8 Å². The first-order valence-electron chi connectivity index (χ1n) is 8.93. The van der Waals surface area contributed by atoms with Crippen LogP contribution in [0.3, 0.4) is 0 Å². The Labute approximate surface area is 169 Å². The number of rotatable bonds is 2. The van der Waals surface area contributed by atoms with E-state index in [4.69, 9.17) is 37.7 Å². The van der Waals surface area contributed by atoms with Gasteiger partial charge in [0.1, 0.15) is 5.60 Å². The van der Waals surface area contributed by atoms with E-state index in [0.717, 1.165) is 46.7 Å². The number of benzene rings is 1. The molecule has 0 radical (unpaired) electrons. The number of hydrogen-bond acceptors (Lipinski definition) is 4. The maximum atomic E-state index is 6.50. The molecule has 1 aromatic carbocycles. The lowest BCUT2D eigenvalue weighted by Crippen LogP contribution is -2.31. The van der Waals surface area contributed by atoms with Crippen molar-refractivity contribution in [2.24, 2.45) is 4.99 Å². The molecule has 27 heavy (non-hydrogen) atoms. The molecule has 4 nitrogen and oxygen atoms in total. The van der Waals surface area contributed by atoms with Gasteiger partial charge in [-0.15, -0.1) is 0 Å². The largest absolute Gasteiger partial charge is 0.493 e. The number of fused-ring (bicyclic) bond motifs is 3. The van der Waals surface area contributed by atoms with Crippen LogP contribution >= 0.6 is 23.2 Å². The molecule has 0 saturated carbocycles. The Morgan fingerprint density at radius 3 is 2.33 bits per heavy atom. The lowest BCUT2D eigenvalue weighted by Gasteiger charge is -2.31. The summed E-state index contributed by atoms with van der Waals surface area (Å²) in [5, 5.41) is 0.986. The fraction of sp³-hybridized carbons (Fsp3) is 0.429. The highest BCUT2D eigenvalue weighted by Gasteiger charge is 2.40. The van der Waals surface area contributed by atoms with Gasteiger partial charge in [-0.05, 0) is 45.7 Å². The molecule has 0 saturated heterocycles. The van der Waals surface area contributed by atoms with E-state index < -0.39 is 0 Å². The molecule has 0 spiro atoms. The minimum atomic E-state index is -0.311. The fourth-order valence-electron chi connectivity index (χ4n) is 4.04. The minimum Gasteiger partial charge on any atom is -0.493 e. The summed E-state index contributed by atoms with van der Waals surface area (Å²) in [7, 11) is 1.68. The lowest BCUT2D eigenvalue weighted by atomic mass is 9.81. The van der Waals surface area contributed by atoms with Crippen molar-refractivity contribution in [1.82, 2.24) is 4.98 Å². The third kappa shape index (κ3) is 3.09. The van der Waals surface area contributed by atoms with Gasteiger partial charge in [0.25, 0.3) is 0 Å². The van der Waals surface area contributed by atoms with Crippen molar-refractivity contribution in [1.29, 1.82) is 0 Å². The van der Waals surface area contributed by atoms with Gasteiger partial charge in [-0.25, -0.2) is 0 Å². The summed E-state index contributed by atoms with van der Waals surface area (Å²) in [6, 6.07) is 2.06. The summed E-state index contributed by atoms with van der Waals surface area (Å²) in [5.74, 6) is 1.55. The Morgan fingerprint density at radius 1 is 1.04 bits per heavy atom. The molecule has 0 aliphatic carbocycles. The van der Waals surface area contributed by atoms with Crippen molar-refractivity contribution in [3.05, 3.63) is 50.8 Å². The van der Waals surface area contributed by atoms with Gasteiger partial charge in [0, 0.05) is 35.5 Å². The van der Waals surface area contributed by atoms with Crippen LogP contribution in [0.5, 0.6) is 11.5 Å². The quantitative estimate of drug-likeness (QED) is 0.683. The predicted molar refractivity (Wildman–Crippen MR) is 109 cm³/mol. The lowest BCUT2D eigenvalue weighted by molar-refractivity contribution is 0.134. The highest BCUT2D eigenvalue weighted by atomic mass is 35.5. The third-order valence-corrected chi connectivity index (χ3v) is 5.56. The summed E-state index contributed by atoms with van der Waals surface area (Å²) < 4.78 is 11.9. The van der Waals surface area contributed by atoms with Gasteiger partial charge in [0.05, 0.1) is 28.4 Å². The van der Waals surface area contributed by atoms with Crippen LogP contribution in [0, 0.1) is 0 Å². The Morgan fingerprint density at radius 2 is 1.70 bits per heavy atom. The van der Waals surface area contributed by atoms with E-state index in [1.54, 1.807) is 19.5 Å². The second-order valence-corrected chi connectivity index (χ2v) is 9.20. The molecule has 0 amide bonds. The molecule has 0 unspecified atom stereocenters. The molecule has 4 rings (SSSR count). The summed E-state index contributed by atoms with van der Waals surface area (Å²) in [6.45, 7) is 8.38. The standard InChI is InChI=1S/C21H22Cl2N2O2/c1-20(2)7-11-6-15(26-5)19-12(8-21(3,4)27-19)16(11)18(25-20)17-13(22)9-24-10-14(17)23/h6,9-10H,7-8H2,1-5H3. The van der Waals surface area contributed by atoms with Crippen LogP contribution in [0.1, 0.15) is 49.9 Å². The number of methoxy groups -OCH3 is 1. The van der Waals surface area contributed by atoms with Gasteiger partial charge in [-0.2, -0.15) is 0 Å². The summed E-state index contributed by atoms with van der Waals surface area (Å²) in [5.41, 5.74) is 4.27. The molecule has 2 aromatic rings. The molecule has 142 valence electrons. The molecule has 2 aliphatic heterocycles. The van der Waals surface area contributed by atoms with E-state index in [2.05, 4.69) is 38.7 Å².